The molecular formula is C18H30NO4P. The summed E-state index contributed by atoms with van der Waals surface area (Å²) >= 11 is 0. The van der Waals surface area contributed by atoms with Gasteiger partial charge in [-0.2, -0.15) is 0 Å². The van der Waals surface area contributed by atoms with E-state index in [4.69, 9.17) is 9.05 Å². The van der Waals surface area contributed by atoms with Crippen LogP contribution in [0, 0.1) is 0 Å². The Bertz CT molecular complexity index is 544. The van der Waals surface area contributed by atoms with Crippen LogP contribution >= 0.6 is 7.60 Å². The zero-order valence-electron chi connectivity index (χ0n) is 15.4. The molecule has 0 saturated carbocycles. The average molecular weight is 355 g/mol. The van der Waals surface area contributed by atoms with Gasteiger partial charge < -0.3 is 13.9 Å². The SMILES string of the molecule is CCOP(=O)(CC(=O)N(CCc1ccccc1)C(C)(C)C)OCC. The van der Waals surface area contributed by atoms with Crippen molar-refractivity contribution >= 4 is 13.5 Å². The van der Waals surface area contributed by atoms with Gasteiger partial charge in [-0.25, -0.2) is 0 Å². The molecule has 1 amide bonds. The Labute approximate surface area is 145 Å². The van der Waals surface area contributed by atoms with E-state index in [1.54, 1.807) is 18.7 Å². The predicted molar refractivity (Wildman–Crippen MR) is 97.3 cm³/mol. The maximum Gasteiger partial charge on any atom is 0.340 e. The Balaban J connectivity index is 2.83. The number of carbonyl (C=O) groups is 1. The fourth-order valence-corrected chi connectivity index (χ4v) is 4.04. The lowest BCUT2D eigenvalue weighted by Gasteiger charge is -2.36. The van der Waals surface area contributed by atoms with Gasteiger partial charge in [0.25, 0.3) is 0 Å². The molecule has 24 heavy (non-hydrogen) atoms. The third-order valence-corrected chi connectivity index (χ3v) is 5.52. The normalized spacial score (nSPS) is 12.2. The van der Waals surface area contributed by atoms with Crippen LogP contribution in [0.15, 0.2) is 30.3 Å². The van der Waals surface area contributed by atoms with Gasteiger partial charge in [0.1, 0.15) is 6.16 Å². The summed E-state index contributed by atoms with van der Waals surface area (Å²) in [5.74, 6) is -0.205. The maximum atomic E-state index is 12.8. The lowest BCUT2D eigenvalue weighted by Crippen LogP contribution is -2.48. The third kappa shape index (κ3) is 6.76. The number of hydrogen-bond donors (Lipinski definition) is 0. The summed E-state index contributed by atoms with van der Waals surface area (Å²) in [5, 5.41) is 0. The molecule has 0 aliphatic rings. The van der Waals surface area contributed by atoms with E-state index in [0.717, 1.165) is 12.0 Å². The molecule has 0 heterocycles. The molecule has 0 fully saturated rings. The standard InChI is InChI=1S/C18H30NO4P/c1-6-22-24(21,23-7-2)15-17(20)19(18(3,4)5)14-13-16-11-9-8-10-12-16/h8-12H,6-7,13-15H2,1-5H3. The van der Waals surface area contributed by atoms with Crippen molar-refractivity contribution in [3.05, 3.63) is 35.9 Å². The molecule has 0 N–H and O–H groups in total. The van der Waals surface area contributed by atoms with E-state index in [2.05, 4.69) is 0 Å². The molecule has 6 heteroatoms. The molecule has 0 aliphatic heterocycles. The minimum Gasteiger partial charge on any atom is -0.337 e. The second-order valence-electron chi connectivity index (χ2n) is 6.56. The number of nitrogens with zero attached hydrogens (tertiary/aromatic N) is 1. The number of rotatable bonds is 9. The molecule has 0 unspecified atom stereocenters. The van der Waals surface area contributed by atoms with Crippen molar-refractivity contribution in [3.63, 3.8) is 0 Å². The topological polar surface area (TPSA) is 55.8 Å². The van der Waals surface area contributed by atoms with Gasteiger partial charge in [0.15, 0.2) is 0 Å². The Morgan fingerprint density at radius 3 is 2.08 bits per heavy atom. The third-order valence-electron chi connectivity index (χ3n) is 3.56. The van der Waals surface area contributed by atoms with Crippen LogP contribution in [0.4, 0.5) is 0 Å². The monoisotopic (exact) mass is 355 g/mol. The highest BCUT2D eigenvalue weighted by Gasteiger charge is 2.34. The molecule has 1 aromatic rings. The first-order chi connectivity index (χ1) is 11.2. The van der Waals surface area contributed by atoms with E-state index >= 15 is 0 Å². The van der Waals surface area contributed by atoms with Crippen molar-refractivity contribution in [2.75, 3.05) is 25.9 Å². The fraction of sp³-hybridized carbons (Fsp3) is 0.611. The van der Waals surface area contributed by atoms with E-state index in [-0.39, 0.29) is 30.8 Å². The number of benzene rings is 1. The van der Waals surface area contributed by atoms with Crippen LogP contribution in [0.2, 0.25) is 0 Å². The Morgan fingerprint density at radius 1 is 1.08 bits per heavy atom. The minimum absolute atomic E-state index is 0.205. The minimum atomic E-state index is -3.39. The van der Waals surface area contributed by atoms with E-state index < -0.39 is 7.60 Å². The van der Waals surface area contributed by atoms with Gasteiger partial charge >= 0.3 is 7.60 Å². The molecular weight excluding hydrogens is 325 g/mol. The molecule has 0 spiro atoms. The molecule has 136 valence electrons. The molecule has 0 saturated heterocycles. The predicted octanol–water partition coefficient (Wildman–Crippen LogP) is 4.12. The summed E-state index contributed by atoms with van der Waals surface area (Å²) in [5.41, 5.74) is 0.798. The molecule has 1 aromatic carbocycles. The first-order valence-corrected chi connectivity index (χ1v) is 10.2. The lowest BCUT2D eigenvalue weighted by molar-refractivity contribution is -0.133. The zero-order valence-corrected chi connectivity index (χ0v) is 16.3. The smallest absolute Gasteiger partial charge is 0.337 e. The Hall–Kier alpha value is -1.16. The van der Waals surface area contributed by atoms with Gasteiger partial charge in [0.05, 0.1) is 13.2 Å². The molecule has 0 aromatic heterocycles. The lowest BCUT2D eigenvalue weighted by atomic mass is 10.0. The van der Waals surface area contributed by atoms with Crippen molar-refractivity contribution in [3.8, 4) is 0 Å². The summed E-state index contributed by atoms with van der Waals surface area (Å²) in [6.45, 7) is 10.5. The highest BCUT2D eigenvalue weighted by atomic mass is 31.2. The van der Waals surface area contributed by atoms with Crippen LogP contribution in [-0.2, 0) is 24.8 Å². The highest BCUT2D eigenvalue weighted by Crippen LogP contribution is 2.48. The van der Waals surface area contributed by atoms with E-state index in [1.807, 2.05) is 51.1 Å². The number of hydrogen-bond acceptors (Lipinski definition) is 4. The average Bonchev–Trinajstić information content (AvgIpc) is 2.47. The molecule has 0 radical (unpaired) electrons. The van der Waals surface area contributed by atoms with Gasteiger partial charge in [0.2, 0.25) is 5.91 Å². The van der Waals surface area contributed by atoms with Crippen LogP contribution < -0.4 is 0 Å². The summed E-state index contributed by atoms with van der Waals surface area (Å²) in [7, 11) is -3.39. The van der Waals surface area contributed by atoms with Crippen molar-refractivity contribution < 1.29 is 18.4 Å². The first-order valence-electron chi connectivity index (χ1n) is 8.44. The number of amides is 1. The van der Waals surface area contributed by atoms with E-state index in [0.29, 0.717) is 6.54 Å². The van der Waals surface area contributed by atoms with Crippen LogP contribution in [0.3, 0.4) is 0 Å². The van der Waals surface area contributed by atoms with Crippen LogP contribution in [0.1, 0.15) is 40.2 Å². The van der Waals surface area contributed by atoms with Crippen LogP contribution in [0.25, 0.3) is 0 Å². The van der Waals surface area contributed by atoms with Crippen molar-refractivity contribution in [2.45, 2.75) is 46.6 Å². The van der Waals surface area contributed by atoms with Crippen molar-refractivity contribution in [1.29, 1.82) is 0 Å². The van der Waals surface area contributed by atoms with E-state index in [1.165, 1.54) is 0 Å². The van der Waals surface area contributed by atoms with Gasteiger partial charge in [-0.3, -0.25) is 9.36 Å². The summed E-state index contributed by atoms with van der Waals surface area (Å²) in [6, 6.07) is 10.0. The molecule has 0 atom stereocenters. The fourth-order valence-electron chi connectivity index (χ4n) is 2.49. The first kappa shape index (κ1) is 20.9. The van der Waals surface area contributed by atoms with Gasteiger partial charge in [-0.15, -0.1) is 0 Å². The largest absolute Gasteiger partial charge is 0.340 e. The van der Waals surface area contributed by atoms with E-state index in [9.17, 15) is 9.36 Å². The number of carbonyl (C=O) groups excluding carboxylic acids is 1. The van der Waals surface area contributed by atoms with Crippen LogP contribution in [0.5, 0.6) is 0 Å². The van der Waals surface area contributed by atoms with Crippen LogP contribution in [-0.4, -0.2) is 42.3 Å². The molecule has 0 bridgehead atoms. The second kappa shape index (κ2) is 9.36. The Morgan fingerprint density at radius 2 is 1.62 bits per heavy atom. The maximum absolute atomic E-state index is 12.8. The Kier molecular flexibility index (Phi) is 8.14. The van der Waals surface area contributed by atoms with Gasteiger partial charge in [0, 0.05) is 12.1 Å². The van der Waals surface area contributed by atoms with Gasteiger partial charge in [-0.1, -0.05) is 30.3 Å². The quantitative estimate of drug-likeness (QED) is 0.625. The summed E-state index contributed by atoms with van der Waals surface area (Å²) in [4.78, 5) is 14.5. The second-order valence-corrected chi connectivity index (χ2v) is 8.61. The molecule has 0 aliphatic carbocycles. The van der Waals surface area contributed by atoms with Crippen molar-refractivity contribution in [1.82, 2.24) is 4.90 Å². The molecule has 5 nitrogen and oxygen atoms in total. The summed E-state index contributed by atoms with van der Waals surface area (Å²) in [6.07, 6.45) is 0.526. The summed E-state index contributed by atoms with van der Waals surface area (Å²) < 4.78 is 23.1. The van der Waals surface area contributed by atoms with Crippen molar-refractivity contribution in [2.24, 2.45) is 0 Å². The zero-order chi connectivity index (χ0) is 18.2. The highest BCUT2D eigenvalue weighted by molar-refractivity contribution is 7.54. The van der Waals surface area contributed by atoms with Gasteiger partial charge in [-0.05, 0) is 46.6 Å². The molecule has 1 rings (SSSR count).